The summed E-state index contributed by atoms with van der Waals surface area (Å²) < 4.78 is 0. The van der Waals surface area contributed by atoms with E-state index in [1.54, 1.807) is 6.07 Å². The molecule has 0 saturated heterocycles. The molecule has 1 heterocycles. The number of carbonyl (C=O) groups is 2. The van der Waals surface area contributed by atoms with Gasteiger partial charge in [0.25, 0.3) is 5.91 Å². The molecule has 3 aromatic rings. The molecule has 3 amide bonds. The topological polar surface area (TPSA) is 73.5 Å². The Morgan fingerprint density at radius 1 is 0.812 bits per heavy atom. The largest absolute Gasteiger partial charge is 0.366 e. The van der Waals surface area contributed by atoms with Crippen molar-refractivity contribution in [2.75, 3.05) is 22.1 Å². The van der Waals surface area contributed by atoms with Gasteiger partial charge >= 0.3 is 6.03 Å². The lowest BCUT2D eigenvalue weighted by atomic mass is 9.98. The molecule has 6 nitrogen and oxygen atoms in total. The standard InChI is InChI=1S/C26H26N4O2/c31-25(27-21-10-11-21)23-16-22(29-26(32)28-20-8-2-1-3-9-20)12-13-24(23)30-15-14-18-6-4-5-7-19(18)17-30/h1-9,12-13,16,21H,10-11,14-15,17H2,(H,27,31)(H2,28,29,32). The molecule has 0 unspecified atom stereocenters. The van der Waals surface area contributed by atoms with Gasteiger partial charge in [-0.2, -0.15) is 0 Å². The monoisotopic (exact) mass is 426 g/mol. The molecule has 3 aromatic carbocycles. The van der Waals surface area contributed by atoms with Crippen molar-refractivity contribution in [1.29, 1.82) is 0 Å². The van der Waals surface area contributed by atoms with E-state index in [-0.39, 0.29) is 18.0 Å². The van der Waals surface area contributed by atoms with Gasteiger partial charge in [-0.1, -0.05) is 42.5 Å². The van der Waals surface area contributed by atoms with E-state index in [1.165, 1.54) is 11.1 Å². The maximum atomic E-state index is 13.1. The van der Waals surface area contributed by atoms with Gasteiger partial charge in [-0.3, -0.25) is 4.79 Å². The number of nitrogens with one attached hydrogen (secondary N) is 3. The Hall–Kier alpha value is -3.80. The minimum absolute atomic E-state index is 0.0894. The number of nitrogens with zero attached hydrogens (tertiary/aromatic N) is 1. The van der Waals surface area contributed by atoms with Gasteiger partial charge in [0.2, 0.25) is 0 Å². The number of para-hydroxylation sites is 1. The fourth-order valence-corrected chi connectivity index (χ4v) is 4.08. The van der Waals surface area contributed by atoms with Crippen LogP contribution in [-0.2, 0) is 13.0 Å². The molecule has 5 rings (SSSR count). The first-order chi connectivity index (χ1) is 15.7. The number of fused-ring (bicyclic) bond motifs is 1. The highest BCUT2D eigenvalue weighted by Gasteiger charge is 2.27. The van der Waals surface area contributed by atoms with E-state index < -0.39 is 0 Å². The van der Waals surface area contributed by atoms with E-state index in [2.05, 4.69) is 45.1 Å². The zero-order valence-corrected chi connectivity index (χ0v) is 17.8. The minimum Gasteiger partial charge on any atom is -0.366 e. The van der Waals surface area contributed by atoms with Crippen molar-refractivity contribution in [3.63, 3.8) is 0 Å². The zero-order chi connectivity index (χ0) is 21.9. The second kappa shape index (κ2) is 8.75. The third-order valence-corrected chi connectivity index (χ3v) is 5.91. The molecule has 0 aromatic heterocycles. The number of hydrogen-bond acceptors (Lipinski definition) is 3. The Balaban J connectivity index is 1.38. The highest BCUT2D eigenvalue weighted by Crippen LogP contribution is 2.30. The molecule has 0 bridgehead atoms. The van der Waals surface area contributed by atoms with Gasteiger partial charge in [-0.25, -0.2) is 4.79 Å². The van der Waals surface area contributed by atoms with Gasteiger partial charge in [0, 0.05) is 36.2 Å². The van der Waals surface area contributed by atoms with E-state index in [0.29, 0.717) is 16.9 Å². The first-order valence-corrected chi connectivity index (χ1v) is 11.1. The van der Waals surface area contributed by atoms with Gasteiger partial charge in [0.15, 0.2) is 0 Å². The molecule has 162 valence electrons. The summed E-state index contributed by atoms with van der Waals surface area (Å²) >= 11 is 0. The van der Waals surface area contributed by atoms with E-state index in [0.717, 1.165) is 38.0 Å². The zero-order valence-electron chi connectivity index (χ0n) is 17.8. The molecule has 0 atom stereocenters. The summed E-state index contributed by atoms with van der Waals surface area (Å²) in [5.41, 5.74) is 5.43. The second-order valence-electron chi connectivity index (χ2n) is 8.37. The summed E-state index contributed by atoms with van der Waals surface area (Å²) in [5, 5.41) is 8.76. The van der Waals surface area contributed by atoms with Gasteiger partial charge in [-0.05, 0) is 60.7 Å². The van der Waals surface area contributed by atoms with Crippen LogP contribution in [0.25, 0.3) is 0 Å². The van der Waals surface area contributed by atoms with Crippen LogP contribution >= 0.6 is 0 Å². The Morgan fingerprint density at radius 3 is 2.31 bits per heavy atom. The maximum absolute atomic E-state index is 13.1. The van der Waals surface area contributed by atoms with Crippen LogP contribution in [0.1, 0.15) is 34.3 Å². The molecule has 0 spiro atoms. The first kappa shape index (κ1) is 20.1. The lowest BCUT2D eigenvalue weighted by Crippen LogP contribution is -2.33. The third kappa shape index (κ3) is 4.59. The fraction of sp³-hybridized carbons (Fsp3) is 0.231. The molecule has 1 fully saturated rings. The van der Waals surface area contributed by atoms with Gasteiger partial charge in [0.05, 0.1) is 5.56 Å². The van der Waals surface area contributed by atoms with Crippen molar-refractivity contribution in [1.82, 2.24) is 5.32 Å². The SMILES string of the molecule is O=C(Nc1ccccc1)Nc1ccc(N2CCc3ccccc3C2)c(C(=O)NC2CC2)c1. The number of urea groups is 1. The average molecular weight is 427 g/mol. The Bertz CT molecular complexity index is 1140. The maximum Gasteiger partial charge on any atom is 0.323 e. The average Bonchev–Trinajstić information content (AvgIpc) is 3.63. The van der Waals surface area contributed by atoms with Gasteiger partial charge in [0.1, 0.15) is 0 Å². The summed E-state index contributed by atoms with van der Waals surface area (Å²) in [6.07, 6.45) is 2.99. The molecule has 32 heavy (non-hydrogen) atoms. The third-order valence-electron chi connectivity index (χ3n) is 5.91. The number of amides is 3. The Labute approximate surface area is 187 Å². The smallest absolute Gasteiger partial charge is 0.323 e. The van der Waals surface area contributed by atoms with Crippen LogP contribution in [0.4, 0.5) is 21.9 Å². The molecule has 1 aliphatic heterocycles. The number of hydrogen-bond donors (Lipinski definition) is 3. The quantitative estimate of drug-likeness (QED) is 0.549. The van der Waals surface area contributed by atoms with E-state index in [4.69, 9.17) is 0 Å². The number of benzene rings is 3. The molecule has 3 N–H and O–H groups in total. The molecular formula is C26H26N4O2. The molecule has 1 aliphatic carbocycles. The molecule has 6 heteroatoms. The van der Waals surface area contributed by atoms with Crippen molar-refractivity contribution < 1.29 is 9.59 Å². The van der Waals surface area contributed by atoms with Crippen LogP contribution in [-0.4, -0.2) is 24.5 Å². The molecular weight excluding hydrogens is 400 g/mol. The van der Waals surface area contributed by atoms with E-state index in [9.17, 15) is 9.59 Å². The number of rotatable bonds is 5. The van der Waals surface area contributed by atoms with Crippen molar-refractivity contribution in [2.45, 2.75) is 31.8 Å². The van der Waals surface area contributed by atoms with Crippen LogP contribution in [0.5, 0.6) is 0 Å². The highest BCUT2D eigenvalue weighted by atomic mass is 16.2. The summed E-state index contributed by atoms with van der Waals surface area (Å²) in [6.45, 7) is 1.61. The number of anilines is 3. The lowest BCUT2D eigenvalue weighted by Gasteiger charge is -2.32. The van der Waals surface area contributed by atoms with Crippen LogP contribution in [0.3, 0.4) is 0 Å². The van der Waals surface area contributed by atoms with Crippen molar-refractivity contribution in [3.8, 4) is 0 Å². The normalized spacial score (nSPS) is 14.9. The van der Waals surface area contributed by atoms with Crippen LogP contribution < -0.4 is 20.9 Å². The summed E-state index contributed by atoms with van der Waals surface area (Å²) in [4.78, 5) is 27.8. The summed E-state index contributed by atoms with van der Waals surface area (Å²) in [6, 6.07) is 23.2. The predicted octanol–water partition coefficient (Wildman–Crippen LogP) is 4.79. The van der Waals surface area contributed by atoms with Crippen molar-refractivity contribution >= 4 is 29.0 Å². The van der Waals surface area contributed by atoms with Gasteiger partial charge < -0.3 is 20.9 Å². The Morgan fingerprint density at radius 2 is 1.53 bits per heavy atom. The van der Waals surface area contributed by atoms with Crippen LogP contribution in [0.15, 0.2) is 72.8 Å². The van der Waals surface area contributed by atoms with E-state index >= 15 is 0 Å². The van der Waals surface area contributed by atoms with Crippen molar-refractivity contribution in [2.24, 2.45) is 0 Å². The van der Waals surface area contributed by atoms with Gasteiger partial charge in [-0.15, -0.1) is 0 Å². The Kier molecular flexibility index (Phi) is 5.50. The summed E-state index contributed by atoms with van der Waals surface area (Å²) in [7, 11) is 0. The van der Waals surface area contributed by atoms with E-state index in [1.807, 2.05) is 42.5 Å². The second-order valence-corrected chi connectivity index (χ2v) is 8.37. The molecule has 0 radical (unpaired) electrons. The minimum atomic E-state index is -0.343. The van der Waals surface area contributed by atoms with Crippen molar-refractivity contribution in [3.05, 3.63) is 89.5 Å². The van der Waals surface area contributed by atoms with Crippen LogP contribution in [0.2, 0.25) is 0 Å². The lowest BCUT2D eigenvalue weighted by molar-refractivity contribution is 0.0951. The highest BCUT2D eigenvalue weighted by molar-refractivity contribution is 6.04. The molecule has 2 aliphatic rings. The molecule has 1 saturated carbocycles. The predicted molar refractivity (Wildman–Crippen MR) is 127 cm³/mol. The van der Waals surface area contributed by atoms with Crippen LogP contribution in [0, 0.1) is 0 Å². The fourth-order valence-electron chi connectivity index (χ4n) is 4.08. The summed E-state index contributed by atoms with van der Waals surface area (Å²) in [5.74, 6) is -0.0894. The first-order valence-electron chi connectivity index (χ1n) is 11.1. The number of carbonyl (C=O) groups excluding carboxylic acids is 2.